The fourth-order valence-electron chi connectivity index (χ4n) is 2.63. The van der Waals surface area contributed by atoms with Gasteiger partial charge >= 0.3 is 11.9 Å². The third-order valence-electron chi connectivity index (χ3n) is 4.14. The van der Waals surface area contributed by atoms with Crippen molar-refractivity contribution in [3.05, 3.63) is 0 Å². The number of hydrogen-bond acceptors (Lipinski definition) is 4. The van der Waals surface area contributed by atoms with Gasteiger partial charge in [-0.15, -0.1) is 23.2 Å². The monoisotopic (exact) mass is 410 g/mol. The minimum atomic E-state index is -0.713. The molecule has 0 heterocycles. The fraction of sp³-hybridized carbons (Fsp3) is 0.900. The third kappa shape index (κ3) is 19.8. The molecule has 0 fully saturated rings. The van der Waals surface area contributed by atoms with E-state index in [4.69, 9.17) is 32.7 Å². The zero-order valence-electron chi connectivity index (χ0n) is 16.3. The van der Waals surface area contributed by atoms with Gasteiger partial charge in [0.05, 0.1) is 6.61 Å². The highest BCUT2D eigenvalue weighted by Gasteiger charge is 2.09. The lowest BCUT2D eigenvalue weighted by atomic mass is 10.1. The fourth-order valence-corrected chi connectivity index (χ4v) is 2.76. The Morgan fingerprint density at radius 1 is 0.692 bits per heavy atom. The van der Waals surface area contributed by atoms with E-state index in [1.165, 1.54) is 57.8 Å². The van der Waals surface area contributed by atoms with Crippen LogP contribution in [0.1, 0.15) is 96.8 Å². The predicted molar refractivity (Wildman–Crippen MR) is 108 cm³/mol. The normalized spacial score (nSPS) is 10.9. The van der Waals surface area contributed by atoms with Gasteiger partial charge in [-0.25, -0.2) is 0 Å². The number of halogens is 2. The minimum absolute atomic E-state index is 0.0226. The van der Waals surface area contributed by atoms with Gasteiger partial charge in [-0.1, -0.05) is 71.1 Å². The van der Waals surface area contributed by atoms with Crippen LogP contribution >= 0.6 is 23.2 Å². The minimum Gasteiger partial charge on any atom is -0.466 e. The molecule has 0 saturated heterocycles. The second kappa shape index (κ2) is 19.3. The van der Waals surface area contributed by atoms with Crippen molar-refractivity contribution in [1.82, 2.24) is 0 Å². The number of carbonyl (C=O) groups is 2. The number of alkyl halides is 2. The average Bonchev–Trinajstić information content (AvgIpc) is 2.61. The summed E-state index contributed by atoms with van der Waals surface area (Å²) in [5.41, 5.74) is 0. The Morgan fingerprint density at radius 3 is 1.65 bits per heavy atom. The molecular formula is C20H36Cl2O4. The van der Waals surface area contributed by atoms with Gasteiger partial charge in [-0.3, -0.25) is 9.59 Å². The number of unbranched alkanes of at least 4 members (excludes halogenated alkanes) is 10. The molecule has 26 heavy (non-hydrogen) atoms. The summed E-state index contributed by atoms with van der Waals surface area (Å²) in [5.74, 6) is -0.646. The number of esters is 2. The van der Waals surface area contributed by atoms with E-state index in [-0.39, 0.29) is 25.4 Å². The molecule has 0 unspecified atom stereocenters. The highest BCUT2D eigenvalue weighted by molar-refractivity contribution is 6.44. The van der Waals surface area contributed by atoms with Crippen LogP contribution in [0, 0.1) is 0 Å². The zero-order chi connectivity index (χ0) is 19.5. The molecule has 154 valence electrons. The number of rotatable bonds is 18. The van der Waals surface area contributed by atoms with Crippen LogP contribution in [0.15, 0.2) is 0 Å². The molecule has 0 aliphatic rings. The lowest BCUT2D eigenvalue weighted by Gasteiger charge is -2.06. The molecular weight excluding hydrogens is 375 g/mol. The molecule has 0 aliphatic heterocycles. The molecule has 0 N–H and O–H groups in total. The van der Waals surface area contributed by atoms with E-state index in [2.05, 4.69) is 6.92 Å². The molecule has 0 radical (unpaired) electrons. The maximum atomic E-state index is 11.6. The molecule has 0 atom stereocenters. The van der Waals surface area contributed by atoms with Gasteiger partial charge in [0, 0.05) is 12.8 Å². The molecule has 0 spiro atoms. The van der Waals surface area contributed by atoms with Crippen molar-refractivity contribution in [3.63, 3.8) is 0 Å². The van der Waals surface area contributed by atoms with Crippen LogP contribution in [0.25, 0.3) is 0 Å². The summed E-state index contributed by atoms with van der Waals surface area (Å²) >= 11 is 10.9. The molecule has 0 aromatic heterocycles. The van der Waals surface area contributed by atoms with Gasteiger partial charge in [0.15, 0.2) is 0 Å². The topological polar surface area (TPSA) is 52.6 Å². The highest BCUT2D eigenvalue weighted by atomic mass is 35.5. The first-order valence-electron chi connectivity index (χ1n) is 10.2. The quantitative estimate of drug-likeness (QED) is 0.150. The van der Waals surface area contributed by atoms with Crippen molar-refractivity contribution in [1.29, 1.82) is 0 Å². The van der Waals surface area contributed by atoms with E-state index in [1.54, 1.807) is 0 Å². The second-order valence-electron chi connectivity index (χ2n) is 6.68. The Hall–Kier alpha value is -0.480. The van der Waals surface area contributed by atoms with E-state index in [1.807, 2.05) is 0 Å². The Bertz CT molecular complexity index is 349. The van der Waals surface area contributed by atoms with E-state index in [0.717, 1.165) is 12.8 Å². The van der Waals surface area contributed by atoms with Crippen molar-refractivity contribution >= 4 is 35.1 Å². The van der Waals surface area contributed by atoms with Crippen LogP contribution in [0.4, 0.5) is 0 Å². The zero-order valence-corrected chi connectivity index (χ0v) is 17.8. The summed E-state index contributed by atoms with van der Waals surface area (Å²) in [5, 5.41) is 0. The van der Waals surface area contributed by atoms with Crippen molar-refractivity contribution in [2.75, 3.05) is 13.2 Å². The molecule has 0 aliphatic carbocycles. The van der Waals surface area contributed by atoms with E-state index >= 15 is 0 Å². The summed E-state index contributed by atoms with van der Waals surface area (Å²) in [7, 11) is 0. The SMILES string of the molecule is CCCCCCCCCCCCCOC(=O)CCCC(=O)OCC(Cl)Cl. The van der Waals surface area contributed by atoms with Crippen LogP contribution in [0.3, 0.4) is 0 Å². The molecule has 6 heteroatoms. The molecule has 0 saturated carbocycles. The maximum Gasteiger partial charge on any atom is 0.305 e. The average molecular weight is 411 g/mol. The lowest BCUT2D eigenvalue weighted by Crippen LogP contribution is -2.11. The lowest BCUT2D eigenvalue weighted by molar-refractivity contribution is -0.145. The van der Waals surface area contributed by atoms with Gasteiger partial charge < -0.3 is 9.47 Å². The number of carbonyl (C=O) groups excluding carboxylic acids is 2. The number of ether oxygens (including phenoxy) is 2. The molecule has 0 aromatic carbocycles. The summed E-state index contributed by atoms with van der Waals surface area (Å²) in [4.78, 5) is 22.2. The first-order valence-corrected chi connectivity index (χ1v) is 11.0. The molecule has 0 aromatic rings. The predicted octanol–water partition coefficient (Wildman–Crippen LogP) is 6.36. The largest absolute Gasteiger partial charge is 0.466 e. The van der Waals surface area contributed by atoms with Crippen LogP contribution in [-0.2, 0) is 19.1 Å². The molecule has 0 bridgehead atoms. The Labute approximate surface area is 169 Å². The van der Waals surface area contributed by atoms with Crippen LogP contribution in [0.2, 0.25) is 0 Å². The summed E-state index contributed by atoms with van der Waals surface area (Å²) in [6.07, 6.45) is 14.8. The first kappa shape index (κ1) is 25.5. The summed E-state index contributed by atoms with van der Waals surface area (Å²) < 4.78 is 9.98. The van der Waals surface area contributed by atoms with Crippen LogP contribution < -0.4 is 0 Å². The van der Waals surface area contributed by atoms with E-state index in [9.17, 15) is 9.59 Å². The van der Waals surface area contributed by atoms with Gasteiger partial charge in [-0.05, 0) is 12.8 Å². The summed E-state index contributed by atoms with van der Waals surface area (Å²) in [6.45, 7) is 2.69. The van der Waals surface area contributed by atoms with Crippen molar-refractivity contribution in [2.45, 2.75) is 102 Å². The van der Waals surface area contributed by atoms with E-state index < -0.39 is 10.8 Å². The first-order chi connectivity index (χ1) is 12.6. The highest BCUT2D eigenvalue weighted by Crippen LogP contribution is 2.11. The van der Waals surface area contributed by atoms with Crippen molar-refractivity contribution in [2.24, 2.45) is 0 Å². The van der Waals surface area contributed by atoms with Crippen molar-refractivity contribution < 1.29 is 19.1 Å². The second-order valence-corrected chi connectivity index (χ2v) is 7.96. The third-order valence-corrected chi connectivity index (χ3v) is 4.40. The van der Waals surface area contributed by atoms with Crippen molar-refractivity contribution in [3.8, 4) is 0 Å². The van der Waals surface area contributed by atoms with E-state index in [0.29, 0.717) is 13.0 Å². The Morgan fingerprint density at radius 2 is 1.15 bits per heavy atom. The smallest absolute Gasteiger partial charge is 0.305 e. The molecule has 0 amide bonds. The van der Waals surface area contributed by atoms with Gasteiger partial charge in [0.1, 0.15) is 11.4 Å². The Kier molecular flexibility index (Phi) is 18.9. The Balaban J connectivity index is 3.27. The van der Waals surface area contributed by atoms with Gasteiger partial charge in [0.2, 0.25) is 0 Å². The van der Waals surface area contributed by atoms with Crippen LogP contribution in [-0.4, -0.2) is 30.0 Å². The molecule has 4 nitrogen and oxygen atoms in total. The van der Waals surface area contributed by atoms with Gasteiger partial charge in [-0.2, -0.15) is 0 Å². The summed E-state index contributed by atoms with van der Waals surface area (Å²) in [6, 6.07) is 0. The number of hydrogen-bond donors (Lipinski definition) is 0. The van der Waals surface area contributed by atoms with Gasteiger partial charge in [0.25, 0.3) is 0 Å². The molecule has 0 rings (SSSR count). The standard InChI is InChI=1S/C20H36Cl2O4/c1-2-3-4-5-6-7-8-9-10-11-12-16-25-19(23)14-13-15-20(24)26-17-18(21)22/h18H,2-17H2,1H3. The van der Waals surface area contributed by atoms with Crippen LogP contribution in [0.5, 0.6) is 0 Å². The maximum absolute atomic E-state index is 11.6.